The van der Waals surface area contributed by atoms with Gasteiger partial charge < -0.3 is 9.47 Å². The van der Waals surface area contributed by atoms with Crippen molar-refractivity contribution in [3.05, 3.63) is 35.9 Å². The number of hydrogen-bond donors (Lipinski definition) is 0. The third-order valence-electron chi connectivity index (χ3n) is 3.78. The second-order valence-corrected chi connectivity index (χ2v) is 5.25. The molecule has 4 heteroatoms. The highest BCUT2D eigenvalue weighted by Crippen LogP contribution is 2.35. The van der Waals surface area contributed by atoms with Gasteiger partial charge in [-0.2, -0.15) is 0 Å². The maximum atomic E-state index is 12.2. The SMILES string of the molecule is COC(=O)CC1(OC(=O)c2ccccc2)CCCCC1. The molecule has 108 valence electrons. The molecule has 1 saturated carbocycles. The first kappa shape index (κ1) is 14.6. The van der Waals surface area contributed by atoms with E-state index in [1.54, 1.807) is 24.3 Å². The molecule has 0 atom stereocenters. The second-order valence-electron chi connectivity index (χ2n) is 5.25. The van der Waals surface area contributed by atoms with Crippen molar-refractivity contribution in [1.29, 1.82) is 0 Å². The van der Waals surface area contributed by atoms with Crippen molar-refractivity contribution in [2.24, 2.45) is 0 Å². The normalized spacial score (nSPS) is 17.2. The minimum Gasteiger partial charge on any atom is -0.469 e. The van der Waals surface area contributed by atoms with Gasteiger partial charge in [-0.05, 0) is 37.8 Å². The van der Waals surface area contributed by atoms with Gasteiger partial charge in [-0.3, -0.25) is 4.79 Å². The predicted molar refractivity (Wildman–Crippen MR) is 74.3 cm³/mol. The van der Waals surface area contributed by atoms with E-state index < -0.39 is 5.60 Å². The highest BCUT2D eigenvalue weighted by atomic mass is 16.6. The van der Waals surface area contributed by atoms with Crippen LogP contribution in [-0.2, 0) is 14.3 Å². The summed E-state index contributed by atoms with van der Waals surface area (Å²) in [5.74, 6) is -0.691. The van der Waals surface area contributed by atoms with Gasteiger partial charge in [0.25, 0.3) is 0 Å². The monoisotopic (exact) mass is 276 g/mol. The second kappa shape index (κ2) is 6.55. The van der Waals surface area contributed by atoms with Gasteiger partial charge >= 0.3 is 11.9 Å². The lowest BCUT2D eigenvalue weighted by molar-refractivity contribution is -0.147. The molecule has 1 fully saturated rings. The Kier molecular flexibility index (Phi) is 4.77. The van der Waals surface area contributed by atoms with Gasteiger partial charge in [0.1, 0.15) is 5.60 Å². The van der Waals surface area contributed by atoms with Crippen molar-refractivity contribution >= 4 is 11.9 Å². The molecule has 0 N–H and O–H groups in total. The minimum absolute atomic E-state index is 0.141. The number of benzene rings is 1. The summed E-state index contributed by atoms with van der Waals surface area (Å²) in [4.78, 5) is 23.8. The highest BCUT2D eigenvalue weighted by Gasteiger charge is 2.38. The average molecular weight is 276 g/mol. The van der Waals surface area contributed by atoms with Gasteiger partial charge in [-0.15, -0.1) is 0 Å². The summed E-state index contributed by atoms with van der Waals surface area (Å²) in [6.45, 7) is 0. The van der Waals surface area contributed by atoms with Crippen LogP contribution in [-0.4, -0.2) is 24.6 Å². The molecular formula is C16H20O4. The van der Waals surface area contributed by atoms with Crippen LogP contribution >= 0.6 is 0 Å². The summed E-state index contributed by atoms with van der Waals surface area (Å²) in [5, 5.41) is 0. The summed E-state index contributed by atoms with van der Waals surface area (Å²) in [6, 6.07) is 8.88. The lowest BCUT2D eigenvalue weighted by Gasteiger charge is -2.35. The van der Waals surface area contributed by atoms with Gasteiger partial charge in [0, 0.05) is 0 Å². The third-order valence-corrected chi connectivity index (χ3v) is 3.78. The van der Waals surface area contributed by atoms with Crippen molar-refractivity contribution in [2.75, 3.05) is 7.11 Å². The number of methoxy groups -OCH3 is 1. The summed E-state index contributed by atoms with van der Waals surface area (Å²) in [6.07, 6.45) is 4.65. The minimum atomic E-state index is -0.696. The maximum absolute atomic E-state index is 12.2. The van der Waals surface area contributed by atoms with E-state index in [9.17, 15) is 9.59 Å². The summed E-state index contributed by atoms with van der Waals surface area (Å²) in [5.41, 5.74) is -0.180. The quantitative estimate of drug-likeness (QED) is 0.793. The number of ether oxygens (including phenoxy) is 2. The maximum Gasteiger partial charge on any atom is 0.338 e. The van der Waals surface area contributed by atoms with Gasteiger partial charge in [0.2, 0.25) is 0 Å². The van der Waals surface area contributed by atoms with E-state index in [2.05, 4.69) is 0 Å². The summed E-state index contributed by atoms with van der Waals surface area (Å²) >= 11 is 0. The van der Waals surface area contributed by atoms with Crippen LogP contribution in [0.2, 0.25) is 0 Å². The molecule has 0 radical (unpaired) electrons. The van der Waals surface area contributed by atoms with Crippen molar-refractivity contribution < 1.29 is 19.1 Å². The molecule has 0 amide bonds. The predicted octanol–water partition coefficient (Wildman–Crippen LogP) is 3.11. The summed E-state index contributed by atoms with van der Waals surface area (Å²) in [7, 11) is 1.36. The van der Waals surface area contributed by atoms with E-state index in [-0.39, 0.29) is 18.4 Å². The summed E-state index contributed by atoms with van der Waals surface area (Å²) < 4.78 is 10.4. The molecule has 2 rings (SSSR count). The van der Waals surface area contributed by atoms with Crippen molar-refractivity contribution in [2.45, 2.75) is 44.1 Å². The van der Waals surface area contributed by atoms with E-state index in [1.165, 1.54) is 7.11 Å². The lowest BCUT2D eigenvalue weighted by atomic mass is 9.82. The molecule has 0 bridgehead atoms. The molecule has 0 unspecified atom stereocenters. The number of rotatable bonds is 4. The zero-order valence-corrected chi connectivity index (χ0v) is 11.8. The Morgan fingerprint density at radius 2 is 1.75 bits per heavy atom. The number of carbonyl (C=O) groups excluding carboxylic acids is 2. The van der Waals surface area contributed by atoms with Crippen LogP contribution in [0.5, 0.6) is 0 Å². The molecule has 0 aliphatic heterocycles. The lowest BCUT2D eigenvalue weighted by Crippen LogP contribution is -2.39. The molecule has 0 heterocycles. The van der Waals surface area contributed by atoms with Crippen LogP contribution in [0.15, 0.2) is 30.3 Å². The average Bonchev–Trinajstić information content (AvgIpc) is 2.48. The van der Waals surface area contributed by atoms with E-state index >= 15 is 0 Å². The molecule has 1 aromatic rings. The van der Waals surface area contributed by atoms with Crippen LogP contribution in [0.4, 0.5) is 0 Å². The number of carbonyl (C=O) groups is 2. The Morgan fingerprint density at radius 1 is 1.10 bits per heavy atom. The van der Waals surface area contributed by atoms with Crippen LogP contribution in [0, 0.1) is 0 Å². The highest BCUT2D eigenvalue weighted by molar-refractivity contribution is 5.89. The molecule has 1 aliphatic carbocycles. The molecule has 0 aromatic heterocycles. The molecule has 0 saturated heterocycles. The molecule has 4 nitrogen and oxygen atoms in total. The molecule has 0 spiro atoms. The van der Waals surface area contributed by atoms with E-state index in [0.29, 0.717) is 5.56 Å². The third kappa shape index (κ3) is 3.59. The molecular weight excluding hydrogens is 256 g/mol. The number of esters is 2. The number of hydrogen-bond acceptors (Lipinski definition) is 4. The standard InChI is InChI=1S/C16H20O4/c1-19-14(17)12-16(10-6-3-7-11-16)20-15(18)13-8-4-2-5-9-13/h2,4-5,8-9H,3,6-7,10-12H2,1H3. The fourth-order valence-corrected chi connectivity index (χ4v) is 2.68. The van der Waals surface area contributed by atoms with Crippen LogP contribution < -0.4 is 0 Å². The van der Waals surface area contributed by atoms with E-state index in [1.807, 2.05) is 6.07 Å². The first-order chi connectivity index (χ1) is 9.65. The fourth-order valence-electron chi connectivity index (χ4n) is 2.68. The fraction of sp³-hybridized carbons (Fsp3) is 0.500. The first-order valence-electron chi connectivity index (χ1n) is 7.00. The van der Waals surface area contributed by atoms with Crippen LogP contribution in [0.3, 0.4) is 0 Å². The van der Waals surface area contributed by atoms with Gasteiger partial charge in [-0.1, -0.05) is 24.6 Å². The Balaban J connectivity index is 2.11. The Labute approximate surface area is 119 Å². The molecule has 20 heavy (non-hydrogen) atoms. The smallest absolute Gasteiger partial charge is 0.338 e. The molecule has 1 aliphatic rings. The zero-order valence-electron chi connectivity index (χ0n) is 11.8. The van der Waals surface area contributed by atoms with Crippen LogP contribution in [0.1, 0.15) is 48.9 Å². The topological polar surface area (TPSA) is 52.6 Å². The van der Waals surface area contributed by atoms with Gasteiger partial charge in [0.15, 0.2) is 0 Å². The Bertz CT molecular complexity index is 461. The largest absolute Gasteiger partial charge is 0.469 e. The Morgan fingerprint density at radius 3 is 2.35 bits per heavy atom. The molecule has 1 aromatic carbocycles. The van der Waals surface area contributed by atoms with E-state index in [0.717, 1.165) is 32.1 Å². The van der Waals surface area contributed by atoms with Crippen molar-refractivity contribution in [3.8, 4) is 0 Å². The van der Waals surface area contributed by atoms with Crippen molar-refractivity contribution in [1.82, 2.24) is 0 Å². The first-order valence-corrected chi connectivity index (χ1v) is 7.00. The Hall–Kier alpha value is -1.84. The van der Waals surface area contributed by atoms with Crippen molar-refractivity contribution in [3.63, 3.8) is 0 Å². The van der Waals surface area contributed by atoms with Crippen LogP contribution in [0.25, 0.3) is 0 Å². The van der Waals surface area contributed by atoms with Gasteiger partial charge in [0.05, 0.1) is 19.1 Å². The van der Waals surface area contributed by atoms with Gasteiger partial charge in [-0.25, -0.2) is 4.79 Å². The van der Waals surface area contributed by atoms with E-state index in [4.69, 9.17) is 9.47 Å². The zero-order chi connectivity index (χ0) is 14.4.